The number of methoxy groups -OCH3 is 1. The van der Waals surface area contributed by atoms with Gasteiger partial charge in [0.05, 0.1) is 18.8 Å². The van der Waals surface area contributed by atoms with Crippen molar-refractivity contribution in [2.45, 2.75) is 84.5 Å². The molecule has 0 radical (unpaired) electrons. The molecule has 0 heterocycles. The van der Waals surface area contributed by atoms with Gasteiger partial charge in [0.15, 0.2) is 0 Å². The normalized spacial score (nSPS) is 29.5. The van der Waals surface area contributed by atoms with Crippen LogP contribution in [0.3, 0.4) is 0 Å². The van der Waals surface area contributed by atoms with Crippen molar-refractivity contribution >= 4 is 5.91 Å². The molecule has 1 amide bonds. The number of rotatable bonds is 5. The maximum absolute atomic E-state index is 13.2. The Morgan fingerprint density at radius 1 is 1.02 bits per heavy atom. The smallest absolute Gasteiger partial charge is 0.251 e. The minimum atomic E-state index is -0.317. The van der Waals surface area contributed by atoms with Crippen LogP contribution in [0.2, 0.25) is 0 Å². The van der Waals surface area contributed by atoms with E-state index in [0.29, 0.717) is 34.0 Å². The van der Waals surface area contributed by atoms with E-state index < -0.39 is 0 Å². The van der Waals surface area contributed by atoms with E-state index in [0.717, 1.165) is 44.1 Å². The second kappa shape index (κ2) is 10.5. The molecule has 1 spiro atoms. The van der Waals surface area contributed by atoms with E-state index in [1.165, 1.54) is 7.11 Å². The van der Waals surface area contributed by atoms with Crippen molar-refractivity contribution < 1.29 is 19.4 Å². The van der Waals surface area contributed by atoms with E-state index in [9.17, 15) is 15.2 Å². The second-order valence-electron chi connectivity index (χ2n) is 13.2. The first kappa shape index (κ1) is 28.1. The topological polar surface area (TPSA) is 91.6 Å². The maximum Gasteiger partial charge on any atom is 0.251 e. The summed E-state index contributed by atoms with van der Waals surface area (Å²) in [4.78, 5) is 13.2. The van der Waals surface area contributed by atoms with E-state index in [-0.39, 0.29) is 35.0 Å². The summed E-state index contributed by atoms with van der Waals surface area (Å²) in [6, 6.07) is 14.8. The molecule has 0 aliphatic heterocycles. The van der Waals surface area contributed by atoms with Crippen LogP contribution in [0.1, 0.15) is 87.7 Å². The molecule has 0 unspecified atom stereocenters. The van der Waals surface area contributed by atoms with Crippen molar-refractivity contribution in [1.82, 2.24) is 5.32 Å². The molecule has 6 nitrogen and oxygen atoms in total. The van der Waals surface area contributed by atoms with Crippen LogP contribution in [0.25, 0.3) is 0 Å². The van der Waals surface area contributed by atoms with Gasteiger partial charge in [-0.1, -0.05) is 39.5 Å². The molecule has 0 bridgehead atoms. The van der Waals surface area contributed by atoms with Crippen molar-refractivity contribution in [1.29, 1.82) is 5.26 Å². The highest BCUT2D eigenvalue weighted by Gasteiger charge is 2.64. The van der Waals surface area contributed by atoms with Crippen LogP contribution in [0, 0.1) is 45.3 Å². The quantitative estimate of drug-likeness (QED) is 0.464. The fourth-order valence-corrected chi connectivity index (χ4v) is 7.59. The van der Waals surface area contributed by atoms with Gasteiger partial charge >= 0.3 is 0 Å². The fourth-order valence-electron chi connectivity index (χ4n) is 7.59. The van der Waals surface area contributed by atoms with Crippen LogP contribution in [-0.2, 0) is 0 Å². The molecular weight excluding hydrogens is 500 g/mol. The molecule has 0 aromatic heterocycles. The van der Waals surface area contributed by atoms with Crippen molar-refractivity contribution in [3.05, 3.63) is 59.2 Å². The lowest BCUT2D eigenvalue weighted by molar-refractivity contribution is -0.164. The average Bonchev–Trinajstić information content (AvgIpc) is 2.93. The number of nitriles is 1. The van der Waals surface area contributed by atoms with Gasteiger partial charge in [-0.2, -0.15) is 5.26 Å². The molecule has 210 valence electrons. The summed E-state index contributed by atoms with van der Waals surface area (Å²) in [5.41, 5.74) is 1.78. The van der Waals surface area contributed by atoms with Gasteiger partial charge < -0.3 is 19.9 Å². The first-order chi connectivity index (χ1) is 19.0. The molecule has 3 fully saturated rings. The Morgan fingerprint density at radius 3 is 2.27 bits per heavy atom. The van der Waals surface area contributed by atoms with Crippen LogP contribution in [0.15, 0.2) is 42.5 Å². The lowest BCUT2D eigenvalue weighted by Gasteiger charge is -2.63. The Labute approximate surface area is 238 Å². The van der Waals surface area contributed by atoms with Gasteiger partial charge in [-0.3, -0.25) is 4.79 Å². The molecule has 6 heteroatoms. The average molecular weight is 541 g/mol. The van der Waals surface area contributed by atoms with E-state index in [1.807, 2.05) is 24.3 Å². The zero-order chi connectivity index (χ0) is 28.7. The molecule has 5 rings (SSSR count). The van der Waals surface area contributed by atoms with Crippen molar-refractivity contribution in [2.75, 3.05) is 7.11 Å². The zero-order valence-electron chi connectivity index (χ0n) is 24.2. The number of hydrogen-bond donors (Lipinski definition) is 2. The minimum Gasteiger partial charge on any atom is -0.495 e. The first-order valence-corrected chi connectivity index (χ1v) is 14.3. The maximum atomic E-state index is 13.2. The molecular formula is C34H40N2O4. The Morgan fingerprint density at radius 2 is 1.68 bits per heavy atom. The summed E-state index contributed by atoms with van der Waals surface area (Å²) >= 11 is 0. The van der Waals surface area contributed by atoms with Crippen LogP contribution in [0.5, 0.6) is 11.5 Å². The molecule has 0 saturated heterocycles. The van der Waals surface area contributed by atoms with Crippen LogP contribution in [-0.4, -0.2) is 36.4 Å². The predicted molar refractivity (Wildman–Crippen MR) is 154 cm³/mol. The highest BCUT2D eigenvalue weighted by Crippen LogP contribution is 2.56. The summed E-state index contributed by atoms with van der Waals surface area (Å²) in [6.45, 7) is 8.42. The number of amides is 1. The molecule has 3 aliphatic carbocycles. The third-order valence-corrected chi connectivity index (χ3v) is 9.60. The number of ether oxygens (including phenoxy) is 2. The van der Waals surface area contributed by atoms with Gasteiger partial charge in [-0.25, -0.2) is 0 Å². The van der Waals surface area contributed by atoms with Crippen LogP contribution in [0.4, 0.5) is 0 Å². The van der Waals surface area contributed by atoms with Crippen molar-refractivity contribution in [2.24, 2.45) is 22.2 Å². The van der Waals surface area contributed by atoms with Crippen LogP contribution < -0.4 is 14.8 Å². The monoisotopic (exact) mass is 540 g/mol. The fraction of sp³-hybridized carbons (Fsp3) is 0.529. The number of aliphatic hydroxyl groups is 1. The summed E-state index contributed by atoms with van der Waals surface area (Å²) in [6.07, 6.45) is 6.14. The third kappa shape index (κ3) is 5.18. The summed E-state index contributed by atoms with van der Waals surface area (Å²) in [7, 11) is 1.54. The van der Waals surface area contributed by atoms with Gasteiger partial charge in [0, 0.05) is 40.0 Å². The largest absolute Gasteiger partial charge is 0.495 e. The lowest BCUT2D eigenvalue weighted by atomic mass is 9.49. The number of nitrogens with zero attached hydrogens (tertiary/aromatic N) is 1. The van der Waals surface area contributed by atoms with Gasteiger partial charge in [-0.15, -0.1) is 0 Å². The Hall–Kier alpha value is -3.48. The standard InChI is InChI=1S/C34H40N2O4/c1-32(2)30(33(3,4)31(32)40-27-13-12-25(21-35)28(18-27)39-5)36-29(38)24-10-8-22(9-11-24)6-7-23-19-34(20-23)16-14-26(37)15-17-34/h8-13,18,23,26,30-31,37H,14-17,19-20H2,1-5H3,(H,36,38). The van der Waals surface area contributed by atoms with Gasteiger partial charge in [-0.05, 0) is 80.3 Å². The Bertz CT molecular complexity index is 1340. The molecule has 0 atom stereocenters. The van der Waals surface area contributed by atoms with Gasteiger partial charge in [0.25, 0.3) is 5.91 Å². The predicted octanol–water partition coefficient (Wildman–Crippen LogP) is 5.86. The second-order valence-corrected chi connectivity index (χ2v) is 13.2. The molecule has 2 aromatic rings. The van der Waals surface area contributed by atoms with Gasteiger partial charge in [0.1, 0.15) is 23.7 Å². The summed E-state index contributed by atoms with van der Waals surface area (Å²) in [5.74, 6) is 8.17. The molecule has 2 N–H and O–H groups in total. The summed E-state index contributed by atoms with van der Waals surface area (Å²) in [5, 5.41) is 22.3. The zero-order valence-corrected chi connectivity index (χ0v) is 24.2. The molecule has 2 aromatic carbocycles. The molecule has 40 heavy (non-hydrogen) atoms. The Balaban J connectivity index is 1.18. The highest BCUT2D eigenvalue weighted by molar-refractivity contribution is 5.94. The number of aliphatic hydroxyl groups excluding tert-OH is 1. The number of benzene rings is 2. The van der Waals surface area contributed by atoms with Crippen molar-refractivity contribution in [3.8, 4) is 29.4 Å². The highest BCUT2D eigenvalue weighted by atomic mass is 16.5. The minimum absolute atomic E-state index is 0.0934. The van der Waals surface area contributed by atoms with Crippen molar-refractivity contribution in [3.63, 3.8) is 0 Å². The van der Waals surface area contributed by atoms with E-state index in [4.69, 9.17) is 9.47 Å². The summed E-state index contributed by atoms with van der Waals surface area (Å²) < 4.78 is 11.7. The third-order valence-electron chi connectivity index (χ3n) is 9.60. The van der Waals surface area contributed by atoms with E-state index >= 15 is 0 Å². The van der Waals surface area contributed by atoms with E-state index in [1.54, 1.807) is 18.2 Å². The van der Waals surface area contributed by atoms with Crippen LogP contribution >= 0.6 is 0 Å². The Kier molecular flexibility index (Phi) is 7.36. The van der Waals surface area contributed by atoms with Gasteiger partial charge in [0.2, 0.25) is 0 Å². The number of carbonyl (C=O) groups excluding carboxylic acids is 1. The number of nitrogens with one attached hydrogen (secondary N) is 1. The first-order valence-electron chi connectivity index (χ1n) is 14.3. The lowest BCUT2D eigenvalue weighted by Crippen LogP contribution is -2.74. The molecule has 3 aliphatic rings. The van der Waals surface area contributed by atoms with E-state index in [2.05, 4.69) is 50.9 Å². The number of hydrogen-bond acceptors (Lipinski definition) is 5. The SMILES string of the molecule is COc1cc(OC2C(C)(C)C(NC(=O)c3ccc(C#CC4CC5(CCC(O)CC5)C4)cc3)C2(C)C)ccc1C#N. The molecule has 3 saturated carbocycles. The number of carbonyl (C=O) groups is 1.